The molecule has 1 heterocycles. The van der Waals surface area contributed by atoms with E-state index in [2.05, 4.69) is 9.72 Å². The molecule has 0 aliphatic rings. The summed E-state index contributed by atoms with van der Waals surface area (Å²) >= 11 is 0. The number of esters is 1. The lowest BCUT2D eigenvalue weighted by Crippen LogP contribution is -2.04. The van der Waals surface area contributed by atoms with Crippen molar-refractivity contribution in [2.45, 2.75) is 6.92 Å². The topological polar surface area (TPSA) is 39.2 Å². The van der Waals surface area contributed by atoms with E-state index in [4.69, 9.17) is 0 Å². The third-order valence-electron chi connectivity index (χ3n) is 2.45. The molecule has 2 rings (SSSR count). The van der Waals surface area contributed by atoms with E-state index >= 15 is 0 Å². The van der Waals surface area contributed by atoms with Gasteiger partial charge in [-0.2, -0.15) is 0 Å². The number of aryl methyl sites for hydroxylation is 1. The van der Waals surface area contributed by atoms with Gasteiger partial charge in [-0.25, -0.2) is 4.79 Å². The summed E-state index contributed by atoms with van der Waals surface area (Å²) in [5.41, 5.74) is 2.33. The zero-order chi connectivity index (χ0) is 10.8. The Bertz CT molecular complexity index is 520. The van der Waals surface area contributed by atoms with Gasteiger partial charge in [-0.3, -0.25) is 4.98 Å². The molecule has 0 atom stereocenters. The van der Waals surface area contributed by atoms with Crippen LogP contribution >= 0.6 is 0 Å². The second kappa shape index (κ2) is 3.69. The first-order valence-corrected chi connectivity index (χ1v) is 4.66. The van der Waals surface area contributed by atoms with E-state index in [-0.39, 0.29) is 5.97 Å². The molecule has 76 valence electrons. The van der Waals surface area contributed by atoms with Crippen LogP contribution in [0.15, 0.2) is 30.5 Å². The van der Waals surface area contributed by atoms with Crippen LogP contribution in [0.1, 0.15) is 15.9 Å². The highest BCUT2D eigenvalue weighted by molar-refractivity contribution is 5.96. The van der Waals surface area contributed by atoms with Gasteiger partial charge in [0.25, 0.3) is 0 Å². The van der Waals surface area contributed by atoms with Crippen molar-refractivity contribution < 1.29 is 9.53 Å². The first-order chi connectivity index (χ1) is 7.24. The Morgan fingerprint density at radius 1 is 1.33 bits per heavy atom. The molecule has 0 N–H and O–H groups in total. The summed E-state index contributed by atoms with van der Waals surface area (Å²) in [6.45, 7) is 1.90. The summed E-state index contributed by atoms with van der Waals surface area (Å²) in [7, 11) is 1.37. The number of fused-ring (bicyclic) bond motifs is 1. The number of pyridine rings is 1. The summed E-state index contributed by atoms with van der Waals surface area (Å²) in [6, 6.07) is 7.72. The van der Waals surface area contributed by atoms with Crippen molar-refractivity contribution >= 4 is 16.9 Å². The van der Waals surface area contributed by atoms with Crippen LogP contribution < -0.4 is 0 Å². The number of methoxy groups -OCH3 is 1. The Kier molecular flexibility index (Phi) is 2.37. The van der Waals surface area contributed by atoms with Crippen LogP contribution in [0.4, 0.5) is 0 Å². The summed E-state index contributed by atoms with van der Waals surface area (Å²) in [4.78, 5) is 15.6. The van der Waals surface area contributed by atoms with Crippen molar-refractivity contribution in [2.75, 3.05) is 7.11 Å². The maximum Gasteiger partial charge on any atom is 0.339 e. The average Bonchev–Trinajstić information content (AvgIpc) is 2.29. The smallest absolute Gasteiger partial charge is 0.339 e. The van der Waals surface area contributed by atoms with Gasteiger partial charge < -0.3 is 4.74 Å². The molecule has 0 amide bonds. The molecule has 0 unspecified atom stereocenters. The number of para-hydroxylation sites is 1. The molecule has 1 aromatic carbocycles. The number of carbonyl (C=O) groups is 1. The number of aromatic nitrogens is 1. The average molecular weight is 201 g/mol. The largest absolute Gasteiger partial charge is 0.465 e. The van der Waals surface area contributed by atoms with Gasteiger partial charge in [0.1, 0.15) is 0 Å². The fraction of sp³-hybridized carbons (Fsp3) is 0.167. The molecule has 0 saturated heterocycles. The summed E-state index contributed by atoms with van der Waals surface area (Å²) in [5, 5.41) is 0.986. The molecule has 0 aliphatic heterocycles. The highest BCUT2D eigenvalue weighted by atomic mass is 16.5. The van der Waals surface area contributed by atoms with E-state index in [1.54, 1.807) is 6.20 Å². The van der Waals surface area contributed by atoms with E-state index in [1.807, 2.05) is 31.2 Å². The summed E-state index contributed by atoms with van der Waals surface area (Å²) in [6.07, 6.45) is 1.56. The fourth-order valence-electron chi connectivity index (χ4n) is 1.60. The molecule has 1 aromatic heterocycles. The van der Waals surface area contributed by atoms with Gasteiger partial charge in [0, 0.05) is 11.6 Å². The molecule has 0 aliphatic carbocycles. The third kappa shape index (κ3) is 1.56. The molecular formula is C12H11NO2. The molecule has 15 heavy (non-hydrogen) atoms. The van der Waals surface area contributed by atoms with Crippen LogP contribution in [0.2, 0.25) is 0 Å². The molecule has 0 radical (unpaired) electrons. The Morgan fingerprint density at radius 2 is 2.07 bits per heavy atom. The molecule has 0 spiro atoms. The van der Waals surface area contributed by atoms with Crippen molar-refractivity contribution in [3.8, 4) is 0 Å². The van der Waals surface area contributed by atoms with Crippen LogP contribution in [0.3, 0.4) is 0 Å². The number of carbonyl (C=O) groups excluding carboxylic acids is 1. The van der Waals surface area contributed by atoms with Crippen LogP contribution in [-0.2, 0) is 4.74 Å². The maximum absolute atomic E-state index is 11.4. The van der Waals surface area contributed by atoms with Crippen LogP contribution in [0, 0.1) is 6.92 Å². The Hall–Kier alpha value is -1.90. The number of ether oxygens (including phenoxy) is 1. The predicted molar refractivity (Wildman–Crippen MR) is 57.8 cm³/mol. The van der Waals surface area contributed by atoms with Gasteiger partial charge in [-0.05, 0) is 18.6 Å². The van der Waals surface area contributed by atoms with Gasteiger partial charge in [0.15, 0.2) is 0 Å². The van der Waals surface area contributed by atoms with Crippen LogP contribution in [-0.4, -0.2) is 18.1 Å². The van der Waals surface area contributed by atoms with E-state index in [9.17, 15) is 4.79 Å². The monoisotopic (exact) mass is 201 g/mol. The van der Waals surface area contributed by atoms with Crippen molar-refractivity contribution in [2.24, 2.45) is 0 Å². The highest BCUT2D eigenvalue weighted by Crippen LogP contribution is 2.19. The van der Waals surface area contributed by atoms with Gasteiger partial charge in [-0.15, -0.1) is 0 Å². The molecule has 3 heteroatoms. The molecule has 0 saturated carbocycles. The second-order valence-corrected chi connectivity index (χ2v) is 3.31. The maximum atomic E-state index is 11.4. The van der Waals surface area contributed by atoms with Gasteiger partial charge in [0.2, 0.25) is 0 Å². The fourth-order valence-corrected chi connectivity index (χ4v) is 1.60. The van der Waals surface area contributed by atoms with E-state index in [1.165, 1.54) is 7.11 Å². The number of hydrogen-bond donors (Lipinski definition) is 0. The number of rotatable bonds is 1. The van der Waals surface area contributed by atoms with E-state index < -0.39 is 0 Å². The van der Waals surface area contributed by atoms with E-state index in [0.717, 1.165) is 16.5 Å². The molecule has 0 fully saturated rings. The molecular weight excluding hydrogens is 190 g/mol. The lowest BCUT2D eigenvalue weighted by Gasteiger charge is -2.06. The summed E-state index contributed by atoms with van der Waals surface area (Å²) in [5.74, 6) is -0.342. The van der Waals surface area contributed by atoms with Crippen LogP contribution in [0.25, 0.3) is 10.9 Å². The molecule has 2 aromatic rings. The van der Waals surface area contributed by atoms with Crippen molar-refractivity contribution in [3.05, 3.63) is 41.6 Å². The lowest BCUT2D eigenvalue weighted by molar-refractivity contribution is 0.0599. The zero-order valence-electron chi connectivity index (χ0n) is 8.65. The minimum Gasteiger partial charge on any atom is -0.465 e. The third-order valence-corrected chi connectivity index (χ3v) is 2.45. The SMILES string of the molecule is COC(=O)c1cnc2ccccc2c1C. The van der Waals surface area contributed by atoms with Gasteiger partial charge in [-0.1, -0.05) is 18.2 Å². The number of hydrogen-bond acceptors (Lipinski definition) is 3. The lowest BCUT2D eigenvalue weighted by atomic mass is 10.1. The van der Waals surface area contributed by atoms with Crippen molar-refractivity contribution in [1.82, 2.24) is 4.98 Å². The number of nitrogens with zero attached hydrogens (tertiary/aromatic N) is 1. The first-order valence-electron chi connectivity index (χ1n) is 4.66. The quantitative estimate of drug-likeness (QED) is 0.665. The van der Waals surface area contributed by atoms with Gasteiger partial charge >= 0.3 is 5.97 Å². The second-order valence-electron chi connectivity index (χ2n) is 3.31. The van der Waals surface area contributed by atoms with Crippen LogP contribution in [0.5, 0.6) is 0 Å². The minimum atomic E-state index is -0.342. The normalized spacial score (nSPS) is 10.3. The Morgan fingerprint density at radius 3 is 2.80 bits per heavy atom. The minimum absolute atomic E-state index is 0.342. The first kappa shape index (κ1) is 9.65. The highest BCUT2D eigenvalue weighted by Gasteiger charge is 2.11. The van der Waals surface area contributed by atoms with Crippen molar-refractivity contribution in [3.63, 3.8) is 0 Å². The molecule has 0 bridgehead atoms. The zero-order valence-corrected chi connectivity index (χ0v) is 8.65. The Labute approximate surface area is 87.7 Å². The predicted octanol–water partition coefficient (Wildman–Crippen LogP) is 2.33. The summed E-state index contributed by atoms with van der Waals surface area (Å²) < 4.78 is 4.69. The van der Waals surface area contributed by atoms with Crippen molar-refractivity contribution in [1.29, 1.82) is 0 Å². The number of benzene rings is 1. The van der Waals surface area contributed by atoms with Gasteiger partial charge in [0.05, 0.1) is 18.2 Å². The van der Waals surface area contributed by atoms with E-state index in [0.29, 0.717) is 5.56 Å². The molecule has 3 nitrogen and oxygen atoms in total. The Balaban J connectivity index is 2.70. The standard InChI is InChI=1S/C12H11NO2/c1-8-9-5-3-4-6-11(9)13-7-10(8)12(14)15-2/h3-7H,1-2H3.